The van der Waals surface area contributed by atoms with Crippen LogP contribution in [0.3, 0.4) is 0 Å². The van der Waals surface area contributed by atoms with Gasteiger partial charge in [0.05, 0.1) is 13.2 Å². The standard InChI is InChI=1S/C30H39N3O7S/c1-30(2,3)40-29(38)32-16-9-12-22(19-32)33(28(36)37)21-13-14-23(24(18-21)20-10-7-6-8-11-20)26(34)31-25(15-17-41-5)27(35)39-4/h6-8,10-11,13-14,18,22,25H,9,12,15-17,19H2,1-5H3,(H,31,34)(H,36,37). The smallest absolute Gasteiger partial charge is 0.412 e. The number of amides is 3. The van der Waals surface area contributed by atoms with Crippen LogP contribution in [-0.2, 0) is 14.3 Å². The molecular weight excluding hydrogens is 546 g/mol. The van der Waals surface area contributed by atoms with E-state index in [1.807, 2.05) is 36.6 Å². The van der Waals surface area contributed by atoms with Crippen molar-refractivity contribution in [2.45, 2.75) is 57.7 Å². The molecular formula is C30H39N3O7S. The maximum Gasteiger partial charge on any atom is 0.412 e. The normalized spacial score (nSPS) is 15.9. The number of carbonyl (C=O) groups excluding carboxylic acids is 3. The maximum absolute atomic E-state index is 13.5. The lowest BCUT2D eigenvalue weighted by atomic mass is 9.96. The number of thioether (sulfide) groups is 1. The van der Waals surface area contributed by atoms with Crippen LogP contribution in [0, 0.1) is 0 Å². The number of rotatable bonds is 9. The van der Waals surface area contributed by atoms with Gasteiger partial charge in [-0.3, -0.25) is 9.69 Å². The van der Waals surface area contributed by atoms with Crippen LogP contribution in [0.2, 0.25) is 0 Å². The largest absolute Gasteiger partial charge is 0.467 e. The zero-order chi connectivity index (χ0) is 30.2. The molecule has 1 aliphatic rings. The lowest BCUT2D eigenvalue weighted by Gasteiger charge is -2.38. The lowest BCUT2D eigenvalue weighted by Crippen LogP contribution is -2.52. The maximum atomic E-state index is 13.5. The van der Waals surface area contributed by atoms with Crippen LogP contribution < -0.4 is 10.2 Å². The second-order valence-electron chi connectivity index (χ2n) is 10.8. The summed E-state index contributed by atoms with van der Waals surface area (Å²) in [6.45, 7) is 6.02. The van der Waals surface area contributed by atoms with E-state index in [1.165, 1.54) is 16.9 Å². The molecule has 1 heterocycles. The van der Waals surface area contributed by atoms with E-state index in [2.05, 4.69) is 5.32 Å². The van der Waals surface area contributed by atoms with Gasteiger partial charge in [0.15, 0.2) is 0 Å². The molecule has 2 unspecified atom stereocenters. The third kappa shape index (κ3) is 8.63. The first-order valence-corrected chi connectivity index (χ1v) is 14.9. The van der Waals surface area contributed by atoms with Gasteiger partial charge < -0.3 is 24.8 Å². The van der Waals surface area contributed by atoms with Crippen LogP contribution in [0.15, 0.2) is 48.5 Å². The van der Waals surface area contributed by atoms with Crippen LogP contribution >= 0.6 is 11.8 Å². The summed E-state index contributed by atoms with van der Waals surface area (Å²) in [5.41, 5.74) is 1.22. The summed E-state index contributed by atoms with van der Waals surface area (Å²) in [5.74, 6) is -0.350. The van der Waals surface area contributed by atoms with E-state index < -0.39 is 41.7 Å². The van der Waals surface area contributed by atoms with Crippen molar-refractivity contribution in [2.24, 2.45) is 0 Å². The zero-order valence-electron chi connectivity index (χ0n) is 24.2. The Labute approximate surface area is 245 Å². The van der Waals surface area contributed by atoms with Crippen molar-refractivity contribution in [3.8, 4) is 11.1 Å². The summed E-state index contributed by atoms with van der Waals surface area (Å²) in [4.78, 5) is 53.9. The zero-order valence-corrected chi connectivity index (χ0v) is 25.0. The number of nitrogens with one attached hydrogen (secondary N) is 1. The third-order valence-electron chi connectivity index (χ3n) is 6.63. The summed E-state index contributed by atoms with van der Waals surface area (Å²) in [5, 5.41) is 13.1. The first-order chi connectivity index (χ1) is 19.4. The van der Waals surface area contributed by atoms with Crippen molar-refractivity contribution >= 4 is 41.5 Å². The molecule has 0 aromatic heterocycles. The van der Waals surface area contributed by atoms with E-state index in [-0.39, 0.29) is 6.54 Å². The quantitative estimate of drug-likeness (QED) is 0.382. The highest BCUT2D eigenvalue weighted by atomic mass is 32.2. The second kappa shape index (κ2) is 14.2. The van der Waals surface area contributed by atoms with E-state index in [0.29, 0.717) is 53.9 Å². The fourth-order valence-electron chi connectivity index (χ4n) is 4.73. The second-order valence-corrected chi connectivity index (χ2v) is 11.8. The number of esters is 1. The van der Waals surface area contributed by atoms with Gasteiger partial charge >= 0.3 is 18.2 Å². The number of carboxylic acid groups (broad SMARTS) is 1. The molecule has 0 saturated carbocycles. The Balaban J connectivity index is 1.97. The van der Waals surface area contributed by atoms with Crippen molar-refractivity contribution < 1.29 is 33.8 Å². The first-order valence-electron chi connectivity index (χ1n) is 13.5. The monoisotopic (exact) mass is 585 g/mol. The number of carbonyl (C=O) groups is 4. The Kier molecular flexibility index (Phi) is 11.0. The molecule has 0 spiro atoms. The fraction of sp³-hybridized carbons (Fsp3) is 0.467. The van der Waals surface area contributed by atoms with E-state index >= 15 is 0 Å². The molecule has 2 N–H and O–H groups in total. The Morgan fingerprint density at radius 1 is 1.15 bits per heavy atom. The highest BCUT2D eigenvalue weighted by molar-refractivity contribution is 7.98. The van der Waals surface area contributed by atoms with Crippen molar-refractivity contribution in [3.63, 3.8) is 0 Å². The Morgan fingerprint density at radius 2 is 1.85 bits per heavy atom. The summed E-state index contributed by atoms with van der Waals surface area (Å²) >= 11 is 1.55. The molecule has 3 rings (SSSR count). The van der Waals surface area contributed by atoms with Crippen LogP contribution in [0.5, 0.6) is 0 Å². The highest BCUT2D eigenvalue weighted by Crippen LogP contribution is 2.32. The molecule has 10 nitrogen and oxygen atoms in total. The van der Waals surface area contributed by atoms with E-state index in [0.717, 1.165) is 0 Å². The number of anilines is 1. The van der Waals surface area contributed by atoms with Crippen LogP contribution in [0.25, 0.3) is 11.1 Å². The topological polar surface area (TPSA) is 125 Å². The van der Waals surface area contributed by atoms with Gasteiger partial charge in [-0.1, -0.05) is 30.3 Å². The van der Waals surface area contributed by atoms with E-state index in [4.69, 9.17) is 9.47 Å². The van der Waals surface area contributed by atoms with Crippen LogP contribution in [-0.4, -0.2) is 84.0 Å². The van der Waals surface area contributed by atoms with Crippen molar-refractivity contribution in [3.05, 3.63) is 54.1 Å². The SMILES string of the molecule is COC(=O)C(CCSC)NC(=O)c1ccc(N(C(=O)O)C2CCCN(C(=O)OC(C)(C)C)C2)cc1-c1ccccc1. The molecule has 0 radical (unpaired) electrons. The number of hydrogen-bond donors (Lipinski definition) is 2. The Hall–Kier alpha value is -3.73. The van der Waals surface area contributed by atoms with Crippen molar-refractivity contribution in [1.29, 1.82) is 0 Å². The number of methoxy groups -OCH3 is 1. The summed E-state index contributed by atoms with van der Waals surface area (Å²) < 4.78 is 10.4. The number of nitrogens with zero attached hydrogens (tertiary/aromatic N) is 2. The fourth-order valence-corrected chi connectivity index (χ4v) is 5.21. The molecule has 1 fully saturated rings. The van der Waals surface area contributed by atoms with Gasteiger partial charge in [-0.05, 0) is 81.4 Å². The van der Waals surface area contributed by atoms with Crippen molar-refractivity contribution in [1.82, 2.24) is 10.2 Å². The number of ether oxygens (including phenoxy) is 2. The van der Waals surface area contributed by atoms with Gasteiger partial charge in [0.1, 0.15) is 11.6 Å². The highest BCUT2D eigenvalue weighted by Gasteiger charge is 2.34. The number of hydrogen-bond acceptors (Lipinski definition) is 7. The van der Waals surface area contributed by atoms with Crippen molar-refractivity contribution in [2.75, 3.05) is 37.1 Å². The molecule has 11 heteroatoms. The van der Waals surface area contributed by atoms with Gasteiger partial charge in [-0.2, -0.15) is 11.8 Å². The molecule has 0 aliphatic carbocycles. The van der Waals surface area contributed by atoms with Gasteiger partial charge in [0, 0.05) is 24.3 Å². The minimum absolute atomic E-state index is 0.181. The van der Waals surface area contributed by atoms with Gasteiger partial charge in [0.2, 0.25) is 0 Å². The third-order valence-corrected chi connectivity index (χ3v) is 7.28. The van der Waals surface area contributed by atoms with E-state index in [1.54, 1.807) is 50.7 Å². The molecule has 2 atom stereocenters. The average molecular weight is 586 g/mol. The number of piperidine rings is 1. The lowest BCUT2D eigenvalue weighted by molar-refractivity contribution is -0.142. The molecule has 222 valence electrons. The van der Waals surface area contributed by atoms with Gasteiger partial charge in [0.25, 0.3) is 5.91 Å². The minimum Gasteiger partial charge on any atom is -0.467 e. The molecule has 3 amide bonds. The number of likely N-dealkylation sites (tertiary alicyclic amines) is 1. The molecule has 1 aliphatic heterocycles. The average Bonchev–Trinajstić information content (AvgIpc) is 2.94. The molecule has 0 bridgehead atoms. The molecule has 1 saturated heterocycles. The summed E-state index contributed by atoms with van der Waals surface area (Å²) in [7, 11) is 1.28. The van der Waals surface area contributed by atoms with Crippen LogP contribution in [0.1, 0.15) is 50.4 Å². The van der Waals surface area contributed by atoms with Gasteiger partial charge in [-0.15, -0.1) is 0 Å². The first kappa shape index (κ1) is 31.8. The Bertz CT molecular complexity index is 1230. The predicted octanol–water partition coefficient (Wildman–Crippen LogP) is 5.26. The predicted molar refractivity (Wildman–Crippen MR) is 159 cm³/mol. The van der Waals surface area contributed by atoms with Crippen LogP contribution in [0.4, 0.5) is 15.3 Å². The molecule has 2 aromatic rings. The number of benzene rings is 2. The summed E-state index contributed by atoms with van der Waals surface area (Å²) in [6.07, 6.45) is 1.85. The molecule has 2 aromatic carbocycles. The Morgan fingerprint density at radius 3 is 2.46 bits per heavy atom. The molecule has 41 heavy (non-hydrogen) atoms. The van der Waals surface area contributed by atoms with E-state index in [9.17, 15) is 24.3 Å². The van der Waals surface area contributed by atoms with Gasteiger partial charge in [-0.25, -0.2) is 14.4 Å². The summed E-state index contributed by atoms with van der Waals surface area (Å²) in [6, 6.07) is 12.7. The minimum atomic E-state index is -1.17.